The molecule has 4 heteroatoms. The molecule has 94 valence electrons. The number of nitrogens with two attached hydrogens (primary N) is 1. The molecule has 0 bridgehead atoms. The van der Waals surface area contributed by atoms with Gasteiger partial charge in [-0.25, -0.2) is 4.39 Å². The summed E-state index contributed by atoms with van der Waals surface area (Å²) < 4.78 is 13.0. The van der Waals surface area contributed by atoms with E-state index in [1.807, 2.05) is 0 Å². The lowest BCUT2D eigenvalue weighted by Crippen LogP contribution is -2.57. The molecule has 1 aliphatic rings. The van der Waals surface area contributed by atoms with E-state index in [0.29, 0.717) is 5.69 Å². The number of benzene rings is 1. The minimum absolute atomic E-state index is 0.110. The summed E-state index contributed by atoms with van der Waals surface area (Å²) in [6.45, 7) is 7.23. The van der Waals surface area contributed by atoms with E-state index in [1.165, 1.54) is 12.1 Å². The number of piperazine rings is 1. The van der Waals surface area contributed by atoms with Crippen LogP contribution < -0.4 is 10.6 Å². The van der Waals surface area contributed by atoms with E-state index >= 15 is 0 Å². The van der Waals surface area contributed by atoms with Gasteiger partial charge in [0.2, 0.25) is 0 Å². The van der Waals surface area contributed by atoms with Crippen LogP contribution in [0.4, 0.5) is 15.8 Å². The summed E-state index contributed by atoms with van der Waals surface area (Å²) in [5, 5.41) is 0. The van der Waals surface area contributed by atoms with Crippen LogP contribution in [0.25, 0.3) is 0 Å². The molecule has 0 radical (unpaired) electrons. The molecule has 1 fully saturated rings. The van der Waals surface area contributed by atoms with E-state index in [-0.39, 0.29) is 11.4 Å². The summed E-state index contributed by atoms with van der Waals surface area (Å²) in [6.07, 6.45) is 0. The van der Waals surface area contributed by atoms with Gasteiger partial charge in [-0.05, 0) is 39.1 Å². The molecule has 0 amide bonds. The maximum atomic E-state index is 13.0. The fourth-order valence-electron chi connectivity index (χ4n) is 2.26. The van der Waals surface area contributed by atoms with Crippen molar-refractivity contribution in [3.05, 3.63) is 24.0 Å². The first-order valence-electron chi connectivity index (χ1n) is 5.91. The molecule has 17 heavy (non-hydrogen) atoms. The lowest BCUT2D eigenvalue weighted by atomic mass is 9.99. The van der Waals surface area contributed by atoms with Crippen LogP contribution in [0.1, 0.15) is 13.8 Å². The average molecular weight is 237 g/mol. The number of anilines is 2. The van der Waals surface area contributed by atoms with Gasteiger partial charge >= 0.3 is 0 Å². The highest BCUT2D eigenvalue weighted by atomic mass is 19.1. The van der Waals surface area contributed by atoms with Gasteiger partial charge in [0, 0.05) is 25.2 Å². The second kappa shape index (κ2) is 4.18. The number of nitrogen functional groups attached to an aromatic ring is 1. The largest absolute Gasteiger partial charge is 0.397 e. The fourth-order valence-corrected chi connectivity index (χ4v) is 2.26. The number of hydrogen-bond acceptors (Lipinski definition) is 3. The molecule has 1 aliphatic heterocycles. The predicted octanol–water partition coefficient (Wildman–Crippen LogP) is 1.94. The van der Waals surface area contributed by atoms with Crippen molar-refractivity contribution in [1.82, 2.24) is 4.90 Å². The Hall–Kier alpha value is -1.29. The maximum absolute atomic E-state index is 13.0. The third kappa shape index (κ3) is 2.36. The van der Waals surface area contributed by atoms with Gasteiger partial charge < -0.3 is 10.6 Å². The first-order chi connectivity index (χ1) is 7.90. The Labute approximate surface area is 102 Å². The van der Waals surface area contributed by atoms with Crippen molar-refractivity contribution < 1.29 is 4.39 Å². The Kier molecular flexibility index (Phi) is 3.00. The Morgan fingerprint density at radius 2 is 2.00 bits per heavy atom. The van der Waals surface area contributed by atoms with Crippen LogP contribution in [-0.2, 0) is 0 Å². The van der Waals surface area contributed by atoms with Crippen LogP contribution in [0.5, 0.6) is 0 Å². The number of nitrogens with zero attached hydrogens (tertiary/aromatic N) is 2. The predicted molar refractivity (Wildman–Crippen MR) is 69.7 cm³/mol. The van der Waals surface area contributed by atoms with Gasteiger partial charge in [-0.2, -0.15) is 0 Å². The topological polar surface area (TPSA) is 32.5 Å². The molecular weight excluding hydrogens is 217 g/mol. The van der Waals surface area contributed by atoms with Crippen LogP contribution >= 0.6 is 0 Å². The molecule has 1 heterocycles. The van der Waals surface area contributed by atoms with Crippen molar-refractivity contribution in [3.8, 4) is 0 Å². The molecule has 0 aromatic heterocycles. The van der Waals surface area contributed by atoms with Gasteiger partial charge in [0.05, 0.1) is 11.4 Å². The summed E-state index contributed by atoms with van der Waals surface area (Å²) in [4.78, 5) is 4.57. The average Bonchev–Trinajstić information content (AvgIpc) is 2.22. The second-order valence-corrected chi connectivity index (χ2v) is 5.36. The summed E-state index contributed by atoms with van der Waals surface area (Å²) in [5.41, 5.74) is 7.45. The zero-order valence-electron chi connectivity index (χ0n) is 10.7. The van der Waals surface area contributed by atoms with Gasteiger partial charge in [-0.3, -0.25) is 4.90 Å². The Morgan fingerprint density at radius 3 is 2.59 bits per heavy atom. The van der Waals surface area contributed by atoms with Crippen LogP contribution in [-0.4, -0.2) is 37.1 Å². The Balaban J connectivity index is 2.24. The molecule has 0 spiro atoms. The monoisotopic (exact) mass is 237 g/mol. The molecule has 0 aliphatic carbocycles. The van der Waals surface area contributed by atoms with E-state index in [2.05, 4.69) is 30.7 Å². The van der Waals surface area contributed by atoms with Gasteiger partial charge in [-0.15, -0.1) is 0 Å². The molecule has 0 atom stereocenters. The summed E-state index contributed by atoms with van der Waals surface area (Å²) in [7, 11) is 2.13. The zero-order chi connectivity index (χ0) is 12.6. The van der Waals surface area contributed by atoms with Crippen LogP contribution in [0.3, 0.4) is 0 Å². The minimum Gasteiger partial charge on any atom is -0.397 e. The molecule has 2 rings (SSSR count). The van der Waals surface area contributed by atoms with Gasteiger partial charge in [0.15, 0.2) is 0 Å². The normalized spacial score (nSPS) is 20.6. The molecule has 0 saturated carbocycles. The smallest absolute Gasteiger partial charge is 0.125 e. The molecule has 1 aromatic rings. The number of hydrogen-bond donors (Lipinski definition) is 1. The lowest BCUT2D eigenvalue weighted by molar-refractivity contribution is 0.139. The molecule has 2 N–H and O–H groups in total. The SMILES string of the molecule is CN1CCN(c2ccc(F)cc2N)CC1(C)C. The molecular formula is C13H20FN3. The van der Waals surface area contributed by atoms with E-state index in [1.54, 1.807) is 6.07 Å². The molecule has 1 saturated heterocycles. The number of likely N-dealkylation sites (N-methyl/N-ethyl adjacent to an activating group) is 1. The highest BCUT2D eigenvalue weighted by Crippen LogP contribution is 2.29. The Morgan fingerprint density at radius 1 is 1.29 bits per heavy atom. The van der Waals surface area contributed by atoms with Crippen molar-refractivity contribution in [2.75, 3.05) is 37.3 Å². The highest BCUT2D eigenvalue weighted by Gasteiger charge is 2.31. The van der Waals surface area contributed by atoms with E-state index in [4.69, 9.17) is 5.73 Å². The second-order valence-electron chi connectivity index (χ2n) is 5.36. The lowest BCUT2D eigenvalue weighted by Gasteiger charge is -2.46. The van der Waals surface area contributed by atoms with Crippen LogP contribution in [0.15, 0.2) is 18.2 Å². The van der Waals surface area contributed by atoms with E-state index in [9.17, 15) is 4.39 Å². The van der Waals surface area contributed by atoms with Crippen molar-refractivity contribution in [2.45, 2.75) is 19.4 Å². The highest BCUT2D eigenvalue weighted by molar-refractivity contribution is 5.67. The van der Waals surface area contributed by atoms with Crippen molar-refractivity contribution in [3.63, 3.8) is 0 Å². The standard InChI is InChI=1S/C13H20FN3/c1-13(2)9-17(7-6-16(13)3)12-5-4-10(14)8-11(12)15/h4-5,8H,6-7,9,15H2,1-3H3. The third-order valence-electron chi connectivity index (χ3n) is 3.65. The summed E-state index contributed by atoms with van der Waals surface area (Å²) >= 11 is 0. The van der Waals surface area contributed by atoms with Crippen LogP contribution in [0, 0.1) is 5.82 Å². The van der Waals surface area contributed by atoms with Crippen molar-refractivity contribution in [2.24, 2.45) is 0 Å². The quantitative estimate of drug-likeness (QED) is 0.758. The molecule has 1 aromatic carbocycles. The third-order valence-corrected chi connectivity index (χ3v) is 3.65. The van der Waals surface area contributed by atoms with E-state index < -0.39 is 0 Å². The summed E-state index contributed by atoms with van der Waals surface area (Å²) in [6, 6.07) is 4.63. The Bertz CT molecular complexity index is 417. The van der Waals surface area contributed by atoms with Gasteiger partial charge in [0.1, 0.15) is 5.82 Å². The summed E-state index contributed by atoms with van der Waals surface area (Å²) in [5.74, 6) is -0.278. The molecule has 0 unspecified atom stereocenters. The zero-order valence-corrected chi connectivity index (χ0v) is 10.7. The first-order valence-corrected chi connectivity index (χ1v) is 5.91. The van der Waals surface area contributed by atoms with Gasteiger partial charge in [-0.1, -0.05) is 0 Å². The van der Waals surface area contributed by atoms with Crippen LogP contribution in [0.2, 0.25) is 0 Å². The molecule has 3 nitrogen and oxygen atoms in total. The number of halogens is 1. The number of rotatable bonds is 1. The van der Waals surface area contributed by atoms with Crippen molar-refractivity contribution >= 4 is 11.4 Å². The minimum atomic E-state index is -0.278. The first kappa shape index (κ1) is 12.2. The van der Waals surface area contributed by atoms with Gasteiger partial charge in [0.25, 0.3) is 0 Å². The fraction of sp³-hybridized carbons (Fsp3) is 0.538. The maximum Gasteiger partial charge on any atom is 0.125 e. The van der Waals surface area contributed by atoms with E-state index in [0.717, 1.165) is 25.3 Å². The van der Waals surface area contributed by atoms with Crippen molar-refractivity contribution in [1.29, 1.82) is 0 Å².